The number of oxazole rings is 1. The van der Waals surface area contributed by atoms with Crippen LogP contribution in [-0.2, 0) is 11.3 Å². The summed E-state index contributed by atoms with van der Waals surface area (Å²) in [5.41, 5.74) is 8.30. The van der Waals surface area contributed by atoms with Crippen molar-refractivity contribution in [2.24, 2.45) is 10.8 Å². The Balaban J connectivity index is 0.000000245. The van der Waals surface area contributed by atoms with E-state index in [9.17, 15) is 9.59 Å². The third-order valence-corrected chi connectivity index (χ3v) is 10.6. The van der Waals surface area contributed by atoms with Crippen molar-refractivity contribution in [1.82, 2.24) is 25.6 Å². The number of benzene rings is 2. The highest BCUT2D eigenvalue weighted by Crippen LogP contribution is 2.42. The molecule has 0 spiro atoms. The van der Waals surface area contributed by atoms with E-state index in [2.05, 4.69) is 71.5 Å². The molecule has 0 fully saturated rings. The highest BCUT2D eigenvalue weighted by Gasteiger charge is 2.25. The molecule has 0 bridgehead atoms. The van der Waals surface area contributed by atoms with Crippen molar-refractivity contribution in [3.8, 4) is 11.5 Å². The van der Waals surface area contributed by atoms with Gasteiger partial charge < -0.3 is 34.4 Å². The summed E-state index contributed by atoms with van der Waals surface area (Å²) in [4.78, 5) is 38.1. The molecule has 12 heteroatoms. The summed E-state index contributed by atoms with van der Waals surface area (Å²) in [5, 5.41) is 14.4. The molecule has 322 valence electrons. The average molecular weight is 822 g/mol. The lowest BCUT2D eigenvalue weighted by atomic mass is 9.77. The number of fused-ring (bicyclic) bond motifs is 2. The highest BCUT2D eigenvalue weighted by molar-refractivity contribution is 6.01. The summed E-state index contributed by atoms with van der Waals surface area (Å²) in [6, 6.07) is 11.7. The molecule has 0 unspecified atom stereocenters. The van der Waals surface area contributed by atoms with Gasteiger partial charge in [0.1, 0.15) is 17.8 Å². The maximum atomic E-state index is 12.5. The second-order valence-electron chi connectivity index (χ2n) is 16.0. The zero-order valence-corrected chi connectivity index (χ0v) is 37.0. The predicted octanol–water partition coefficient (Wildman–Crippen LogP) is 9.60. The van der Waals surface area contributed by atoms with Crippen LogP contribution < -0.4 is 20.1 Å². The number of carbonyl (C=O) groups is 2. The zero-order chi connectivity index (χ0) is 43.9. The number of aliphatic hydroxyl groups is 1. The van der Waals surface area contributed by atoms with Crippen LogP contribution >= 0.6 is 0 Å². The molecule has 0 aliphatic heterocycles. The minimum absolute atomic E-state index is 0.149. The Morgan fingerprint density at radius 1 is 0.717 bits per heavy atom. The fourth-order valence-corrected chi connectivity index (χ4v) is 7.03. The maximum absolute atomic E-state index is 12.5. The minimum atomic E-state index is -0.222. The SMILES string of the molecule is CC.CO.COCCNC(=O)c1cnc2c(C3=CCC(C)(C)CC3)cc(OC)cc2c1.COc1cc(C2=CCC(C)(C)CC2)c2ncc(C(=O)NCc3ncco3)cc2c1. The molecule has 2 aliphatic rings. The fraction of sp³-hybridized carbons (Fsp3) is 0.438. The summed E-state index contributed by atoms with van der Waals surface area (Å²) in [6.07, 6.45) is 17.4. The first-order valence-electron chi connectivity index (χ1n) is 20.6. The van der Waals surface area contributed by atoms with Crippen molar-refractivity contribution in [2.45, 2.75) is 86.6 Å². The van der Waals surface area contributed by atoms with E-state index in [0.29, 0.717) is 41.0 Å². The van der Waals surface area contributed by atoms with Gasteiger partial charge in [-0.25, -0.2) is 4.98 Å². The first-order valence-corrected chi connectivity index (χ1v) is 20.6. The molecule has 12 nitrogen and oxygen atoms in total. The van der Waals surface area contributed by atoms with Crippen LogP contribution in [0.1, 0.15) is 118 Å². The molecule has 2 aromatic carbocycles. The molecule has 60 heavy (non-hydrogen) atoms. The van der Waals surface area contributed by atoms with Crippen molar-refractivity contribution in [2.75, 3.05) is 41.6 Å². The Kier molecular flexibility index (Phi) is 17.4. The first-order chi connectivity index (χ1) is 28.9. The van der Waals surface area contributed by atoms with Crippen LogP contribution in [0.3, 0.4) is 0 Å². The molecule has 7 rings (SSSR count). The molecule has 0 atom stereocenters. The minimum Gasteiger partial charge on any atom is -0.497 e. The van der Waals surface area contributed by atoms with Crippen molar-refractivity contribution in [1.29, 1.82) is 0 Å². The Labute approximate surface area is 354 Å². The Morgan fingerprint density at radius 3 is 1.60 bits per heavy atom. The van der Waals surface area contributed by atoms with Crippen molar-refractivity contribution in [3.05, 3.63) is 102 Å². The van der Waals surface area contributed by atoms with Crippen LogP contribution in [0, 0.1) is 10.8 Å². The molecule has 2 amide bonds. The molecule has 5 aromatic rings. The van der Waals surface area contributed by atoms with Crippen molar-refractivity contribution >= 4 is 44.8 Å². The fourth-order valence-electron chi connectivity index (χ4n) is 7.03. The van der Waals surface area contributed by atoms with Gasteiger partial charge in [0.15, 0.2) is 0 Å². The zero-order valence-electron chi connectivity index (χ0n) is 37.0. The summed E-state index contributed by atoms with van der Waals surface area (Å²) in [7, 11) is 5.93. The van der Waals surface area contributed by atoms with Gasteiger partial charge >= 0.3 is 0 Å². The standard InChI is InChI=1S/C23H25N3O3.C22H28N2O3.C2H6.CH4O/c1-23(2)6-4-15(5-7-23)19-12-18(28-3)11-16-10-17(13-25-21(16)19)22(27)26-14-20-24-8-9-29-20;1-22(2)7-5-15(6-8-22)19-13-18(27-4)12-16-11-17(14-24-20(16)19)21(25)23-9-10-26-3;2*1-2/h4,8-13H,5-7,14H2,1-3H3,(H,26,27);5,11-14H,6-10H2,1-4H3,(H,23,25);1-2H3;2H,1H3. The van der Waals surface area contributed by atoms with Gasteiger partial charge in [0.05, 0.1) is 55.7 Å². The van der Waals surface area contributed by atoms with Gasteiger partial charge in [0.2, 0.25) is 5.89 Å². The molecule has 0 radical (unpaired) electrons. The van der Waals surface area contributed by atoms with Gasteiger partial charge in [-0.05, 0) is 96.9 Å². The van der Waals surface area contributed by atoms with Gasteiger partial charge in [-0.15, -0.1) is 0 Å². The summed E-state index contributed by atoms with van der Waals surface area (Å²) < 4.78 is 21.1. The van der Waals surface area contributed by atoms with E-state index in [1.165, 1.54) is 17.4 Å². The van der Waals surface area contributed by atoms with Crippen LogP contribution in [0.15, 0.2) is 77.8 Å². The summed E-state index contributed by atoms with van der Waals surface area (Å²) in [6.45, 7) is 14.4. The molecule has 0 saturated carbocycles. The van der Waals surface area contributed by atoms with E-state index in [1.807, 2.05) is 44.2 Å². The van der Waals surface area contributed by atoms with Crippen LogP contribution in [0.2, 0.25) is 0 Å². The number of hydrogen-bond acceptors (Lipinski definition) is 10. The molecule has 3 heterocycles. The number of methoxy groups -OCH3 is 3. The van der Waals surface area contributed by atoms with Gasteiger partial charge in [0, 0.05) is 55.1 Å². The Morgan fingerprint density at radius 2 is 1.20 bits per heavy atom. The molecule has 0 saturated heterocycles. The number of allylic oxidation sites excluding steroid dienone is 4. The highest BCUT2D eigenvalue weighted by atomic mass is 16.5. The molecular weight excluding hydrogens is 759 g/mol. The smallest absolute Gasteiger partial charge is 0.253 e. The summed E-state index contributed by atoms with van der Waals surface area (Å²) >= 11 is 0. The lowest BCUT2D eigenvalue weighted by Crippen LogP contribution is -2.27. The van der Waals surface area contributed by atoms with E-state index >= 15 is 0 Å². The largest absolute Gasteiger partial charge is 0.497 e. The lowest BCUT2D eigenvalue weighted by molar-refractivity contribution is 0.0933. The number of amides is 2. The number of rotatable bonds is 11. The number of aliphatic hydroxyl groups excluding tert-OH is 1. The van der Waals surface area contributed by atoms with Crippen LogP contribution in [-0.4, -0.2) is 73.5 Å². The number of aromatic nitrogens is 3. The first kappa shape index (κ1) is 47.1. The number of hydrogen-bond donors (Lipinski definition) is 3. The second-order valence-corrected chi connectivity index (χ2v) is 16.0. The number of nitrogens with zero attached hydrogens (tertiary/aromatic N) is 3. The number of carbonyl (C=O) groups excluding carboxylic acids is 2. The topological polar surface area (TPSA) is 158 Å². The third kappa shape index (κ3) is 12.5. The Hall–Kier alpha value is -5.59. The van der Waals surface area contributed by atoms with Crippen molar-refractivity contribution < 1.29 is 33.3 Å². The van der Waals surface area contributed by atoms with Gasteiger partial charge in [-0.1, -0.05) is 53.7 Å². The quantitative estimate of drug-likeness (QED) is 0.110. The van der Waals surface area contributed by atoms with E-state index in [1.54, 1.807) is 39.9 Å². The number of ether oxygens (including phenoxy) is 3. The maximum Gasteiger partial charge on any atom is 0.253 e. The average Bonchev–Trinajstić information content (AvgIpc) is 3.80. The summed E-state index contributed by atoms with van der Waals surface area (Å²) in [5.74, 6) is 1.63. The van der Waals surface area contributed by atoms with E-state index < -0.39 is 0 Å². The molecule has 3 aromatic heterocycles. The van der Waals surface area contributed by atoms with E-state index in [-0.39, 0.29) is 18.4 Å². The lowest BCUT2D eigenvalue weighted by Gasteiger charge is -2.29. The van der Waals surface area contributed by atoms with Crippen LogP contribution in [0.4, 0.5) is 0 Å². The predicted molar refractivity (Wildman–Crippen MR) is 239 cm³/mol. The third-order valence-electron chi connectivity index (χ3n) is 10.6. The normalized spacial score (nSPS) is 15.1. The van der Waals surface area contributed by atoms with Gasteiger partial charge in [-0.2, -0.15) is 0 Å². The Bertz CT molecular complexity index is 2260. The van der Waals surface area contributed by atoms with Gasteiger partial charge in [-0.3, -0.25) is 19.6 Å². The second kappa shape index (κ2) is 22.1. The van der Waals surface area contributed by atoms with Crippen LogP contribution in [0.5, 0.6) is 11.5 Å². The molecular formula is C48H63N5O7. The van der Waals surface area contributed by atoms with Crippen LogP contribution in [0.25, 0.3) is 33.0 Å². The monoisotopic (exact) mass is 821 g/mol. The van der Waals surface area contributed by atoms with Crippen molar-refractivity contribution in [3.63, 3.8) is 0 Å². The van der Waals surface area contributed by atoms with E-state index in [0.717, 1.165) is 90.1 Å². The molecule has 3 N–H and O–H groups in total. The number of pyridine rings is 2. The van der Waals surface area contributed by atoms with Gasteiger partial charge in [0.25, 0.3) is 11.8 Å². The molecule has 2 aliphatic carbocycles. The number of nitrogens with one attached hydrogen (secondary N) is 2. The van der Waals surface area contributed by atoms with E-state index in [4.69, 9.17) is 23.7 Å².